The van der Waals surface area contributed by atoms with Crippen molar-refractivity contribution < 1.29 is 14.7 Å². The Labute approximate surface area is 208 Å². The van der Waals surface area contributed by atoms with E-state index in [2.05, 4.69) is 21.2 Å². The standard InChI is InChI=1S/C28H27BrN2O3/c1-20-7-9-22(10-8-20)26(32)30-25(19-21-5-3-2-4-6-21)27(33)31-17-15-28(34,16-18-31)23-11-13-24(29)14-12-23/h2-14,19,34H,15-18H2,1H3,(H,30,32)/b25-19-. The van der Waals surface area contributed by atoms with E-state index in [-0.39, 0.29) is 17.5 Å². The average Bonchev–Trinajstić information content (AvgIpc) is 2.85. The second-order valence-corrected chi connectivity index (χ2v) is 9.54. The molecule has 1 saturated heterocycles. The van der Waals surface area contributed by atoms with Gasteiger partial charge in [0.1, 0.15) is 5.70 Å². The molecule has 1 aliphatic rings. The van der Waals surface area contributed by atoms with Crippen LogP contribution in [0.5, 0.6) is 0 Å². The van der Waals surface area contributed by atoms with E-state index >= 15 is 0 Å². The maximum absolute atomic E-state index is 13.5. The number of nitrogens with one attached hydrogen (secondary N) is 1. The maximum atomic E-state index is 13.5. The molecule has 4 rings (SSSR count). The van der Waals surface area contributed by atoms with Crippen LogP contribution in [0.15, 0.2) is 89.0 Å². The zero-order valence-corrected chi connectivity index (χ0v) is 20.6. The Morgan fingerprint density at radius 3 is 2.18 bits per heavy atom. The highest BCUT2D eigenvalue weighted by Crippen LogP contribution is 2.33. The van der Waals surface area contributed by atoms with Gasteiger partial charge < -0.3 is 15.3 Å². The van der Waals surface area contributed by atoms with E-state index in [1.807, 2.05) is 73.7 Å². The first-order valence-electron chi connectivity index (χ1n) is 11.3. The molecule has 0 spiro atoms. The molecule has 5 nitrogen and oxygen atoms in total. The topological polar surface area (TPSA) is 69.6 Å². The molecular formula is C28H27BrN2O3. The number of halogens is 1. The van der Waals surface area contributed by atoms with Crippen molar-refractivity contribution in [3.05, 3.63) is 111 Å². The van der Waals surface area contributed by atoms with Gasteiger partial charge >= 0.3 is 0 Å². The lowest BCUT2D eigenvalue weighted by atomic mass is 9.84. The summed E-state index contributed by atoms with van der Waals surface area (Å²) in [4.78, 5) is 28.1. The molecule has 1 heterocycles. The van der Waals surface area contributed by atoms with Crippen LogP contribution >= 0.6 is 15.9 Å². The summed E-state index contributed by atoms with van der Waals surface area (Å²) in [5.41, 5.74) is 2.44. The van der Waals surface area contributed by atoms with Gasteiger partial charge in [-0.05, 0) is 61.2 Å². The molecule has 0 atom stereocenters. The van der Waals surface area contributed by atoms with Crippen molar-refractivity contribution in [1.82, 2.24) is 10.2 Å². The van der Waals surface area contributed by atoms with Gasteiger partial charge in [0, 0.05) is 23.1 Å². The molecule has 1 fully saturated rings. The van der Waals surface area contributed by atoms with Gasteiger partial charge in [-0.2, -0.15) is 0 Å². The lowest BCUT2D eigenvalue weighted by Gasteiger charge is -2.38. The van der Waals surface area contributed by atoms with Crippen LogP contribution in [0.4, 0.5) is 0 Å². The first-order chi connectivity index (χ1) is 16.3. The number of piperidine rings is 1. The first kappa shape index (κ1) is 23.9. The third-order valence-corrected chi connectivity index (χ3v) is 6.69. The Kier molecular flexibility index (Phi) is 7.29. The van der Waals surface area contributed by atoms with Crippen LogP contribution in [0.1, 0.15) is 39.9 Å². The Bertz CT molecular complexity index is 1180. The van der Waals surface area contributed by atoms with E-state index in [1.165, 1.54) is 0 Å². The van der Waals surface area contributed by atoms with E-state index in [0.29, 0.717) is 31.5 Å². The molecule has 0 saturated carbocycles. The molecule has 2 amide bonds. The molecule has 3 aromatic rings. The van der Waals surface area contributed by atoms with Crippen LogP contribution in [0.3, 0.4) is 0 Å². The largest absolute Gasteiger partial charge is 0.385 e. The number of rotatable bonds is 5. The van der Waals surface area contributed by atoms with Gasteiger partial charge in [-0.25, -0.2) is 0 Å². The molecule has 0 bridgehead atoms. The molecule has 2 N–H and O–H groups in total. The molecular weight excluding hydrogens is 492 g/mol. The third-order valence-electron chi connectivity index (χ3n) is 6.16. The Morgan fingerprint density at radius 1 is 0.941 bits per heavy atom. The van der Waals surface area contributed by atoms with Crippen LogP contribution in [0, 0.1) is 6.92 Å². The SMILES string of the molecule is Cc1ccc(C(=O)N/C(=C\c2ccccc2)C(=O)N2CCC(O)(c3ccc(Br)cc3)CC2)cc1. The molecule has 1 aliphatic heterocycles. The molecule has 0 aliphatic carbocycles. The number of likely N-dealkylation sites (tertiary alicyclic amines) is 1. The summed E-state index contributed by atoms with van der Waals surface area (Å²) < 4.78 is 0.951. The zero-order valence-electron chi connectivity index (χ0n) is 19.0. The minimum absolute atomic E-state index is 0.214. The maximum Gasteiger partial charge on any atom is 0.270 e. The predicted molar refractivity (Wildman–Crippen MR) is 137 cm³/mol. The molecule has 34 heavy (non-hydrogen) atoms. The summed E-state index contributed by atoms with van der Waals surface area (Å²) >= 11 is 3.42. The predicted octanol–water partition coefficient (Wildman–Crippen LogP) is 5.04. The monoisotopic (exact) mass is 518 g/mol. The van der Waals surface area contributed by atoms with E-state index in [4.69, 9.17) is 0 Å². The summed E-state index contributed by atoms with van der Waals surface area (Å²) in [5, 5.41) is 14.0. The van der Waals surface area contributed by atoms with Gasteiger partial charge in [0.05, 0.1) is 5.60 Å². The number of carbonyl (C=O) groups is 2. The summed E-state index contributed by atoms with van der Waals surface area (Å²) in [6.07, 6.45) is 2.54. The second kappa shape index (κ2) is 10.4. The van der Waals surface area contributed by atoms with Crippen molar-refractivity contribution in [3.63, 3.8) is 0 Å². The van der Waals surface area contributed by atoms with Gasteiger partial charge in [-0.1, -0.05) is 76.1 Å². The summed E-state index contributed by atoms with van der Waals surface area (Å²) in [5.74, 6) is -0.596. The second-order valence-electron chi connectivity index (χ2n) is 8.62. The van der Waals surface area contributed by atoms with Gasteiger partial charge in [-0.3, -0.25) is 9.59 Å². The molecule has 0 unspecified atom stereocenters. The van der Waals surface area contributed by atoms with E-state index in [1.54, 1.807) is 23.1 Å². The fourth-order valence-corrected chi connectivity index (χ4v) is 4.33. The number of amides is 2. The summed E-state index contributed by atoms with van der Waals surface area (Å²) in [6, 6.07) is 24.3. The van der Waals surface area contributed by atoms with Crippen LogP contribution in [0.2, 0.25) is 0 Å². The van der Waals surface area contributed by atoms with Gasteiger partial charge in [0.25, 0.3) is 11.8 Å². The van der Waals surface area contributed by atoms with Gasteiger partial charge in [0.2, 0.25) is 0 Å². The van der Waals surface area contributed by atoms with Crippen molar-refractivity contribution in [2.75, 3.05) is 13.1 Å². The third kappa shape index (κ3) is 5.64. The Balaban J connectivity index is 1.52. The zero-order chi connectivity index (χ0) is 24.1. The number of aryl methyl sites for hydroxylation is 1. The Hall–Kier alpha value is -3.22. The molecule has 0 aromatic heterocycles. The van der Waals surface area contributed by atoms with Crippen LogP contribution in [-0.4, -0.2) is 34.9 Å². The normalized spacial score (nSPS) is 15.6. The number of nitrogens with zero attached hydrogens (tertiary/aromatic N) is 1. The number of hydrogen-bond acceptors (Lipinski definition) is 3. The number of benzene rings is 3. The minimum atomic E-state index is -0.980. The fourth-order valence-electron chi connectivity index (χ4n) is 4.07. The molecule has 6 heteroatoms. The lowest BCUT2D eigenvalue weighted by molar-refractivity contribution is -0.131. The molecule has 174 valence electrons. The van der Waals surface area contributed by atoms with Crippen LogP contribution in [0.25, 0.3) is 6.08 Å². The van der Waals surface area contributed by atoms with E-state index in [0.717, 1.165) is 21.2 Å². The highest BCUT2D eigenvalue weighted by molar-refractivity contribution is 9.10. The minimum Gasteiger partial charge on any atom is -0.385 e. The van der Waals surface area contributed by atoms with Crippen molar-refractivity contribution in [2.45, 2.75) is 25.4 Å². The van der Waals surface area contributed by atoms with Crippen molar-refractivity contribution in [3.8, 4) is 0 Å². The Morgan fingerprint density at radius 2 is 1.56 bits per heavy atom. The van der Waals surface area contributed by atoms with E-state index in [9.17, 15) is 14.7 Å². The van der Waals surface area contributed by atoms with Gasteiger partial charge in [-0.15, -0.1) is 0 Å². The average molecular weight is 519 g/mol. The molecule has 0 radical (unpaired) electrons. The number of carbonyl (C=O) groups excluding carboxylic acids is 2. The van der Waals surface area contributed by atoms with Crippen LogP contribution in [-0.2, 0) is 10.4 Å². The summed E-state index contributed by atoms with van der Waals surface area (Å²) in [6.45, 7) is 2.73. The van der Waals surface area contributed by atoms with Crippen LogP contribution < -0.4 is 5.32 Å². The van der Waals surface area contributed by atoms with Gasteiger partial charge in [0.15, 0.2) is 0 Å². The fraction of sp³-hybridized carbons (Fsp3) is 0.214. The summed E-state index contributed by atoms with van der Waals surface area (Å²) in [7, 11) is 0. The van der Waals surface area contributed by atoms with Crippen molar-refractivity contribution >= 4 is 33.8 Å². The first-order valence-corrected chi connectivity index (χ1v) is 12.1. The highest BCUT2D eigenvalue weighted by atomic mass is 79.9. The lowest BCUT2D eigenvalue weighted by Crippen LogP contribution is -2.47. The van der Waals surface area contributed by atoms with Crippen molar-refractivity contribution in [1.29, 1.82) is 0 Å². The highest BCUT2D eigenvalue weighted by Gasteiger charge is 2.36. The number of aliphatic hydroxyl groups is 1. The van der Waals surface area contributed by atoms with Crippen molar-refractivity contribution in [2.24, 2.45) is 0 Å². The molecule has 3 aromatic carbocycles. The van der Waals surface area contributed by atoms with E-state index < -0.39 is 5.60 Å². The number of hydrogen-bond donors (Lipinski definition) is 2. The quantitative estimate of drug-likeness (QED) is 0.465. The smallest absolute Gasteiger partial charge is 0.270 e.